The Bertz CT molecular complexity index is 459. The molecule has 0 radical (unpaired) electrons. The van der Waals surface area contributed by atoms with Gasteiger partial charge in [-0.15, -0.1) is 24.8 Å². The number of anilines is 1. The Morgan fingerprint density at radius 1 is 1.17 bits per heavy atom. The summed E-state index contributed by atoms with van der Waals surface area (Å²) in [5.74, 6) is -0.199. The molecule has 0 bridgehead atoms. The number of likely N-dealkylation sites (tertiary alicyclic amines) is 1. The summed E-state index contributed by atoms with van der Waals surface area (Å²) in [6.07, 6.45) is 3.75. The van der Waals surface area contributed by atoms with Gasteiger partial charge in [0.25, 0.3) is 0 Å². The van der Waals surface area contributed by atoms with Crippen molar-refractivity contribution < 1.29 is 4.79 Å². The SMILES string of the molecule is CC(N)C(C)C(=O)Nc1ccc(CCN2CCCC2)cc1.Cl.Cl. The number of hydrogen-bond donors (Lipinski definition) is 2. The Balaban J connectivity index is 0.00000242. The van der Waals surface area contributed by atoms with E-state index in [1.807, 2.05) is 26.0 Å². The van der Waals surface area contributed by atoms with Gasteiger partial charge in [-0.25, -0.2) is 0 Å². The lowest BCUT2D eigenvalue weighted by molar-refractivity contribution is -0.119. The maximum absolute atomic E-state index is 11.9. The molecule has 1 aromatic carbocycles. The van der Waals surface area contributed by atoms with Crippen LogP contribution in [0.15, 0.2) is 24.3 Å². The van der Waals surface area contributed by atoms with Crippen LogP contribution in [-0.4, -0.2) is 36.5 Å². The van der Waals surface area contributed by atoms with E-state index < -0.39 is 0 Å². The van der Waals surface area contributed by atoms with Gasteiger partial charge in [0, 0.05) is 18.3 Å². The van der Waals surface area contributed by atoms with E-state index in [1.165, 1.54) is 31.5 Å². The molecule has 1 fully saturated rings. The molecule has 6 heteroatoms. The van der Waals surface area contributed by atoms with Crippen molar-refractivity contribution in [3.8, 4) is 0 Å². The first kappa shape index (κ1) is 22.2. The number of carbonyl (C=O) groups is 1. The number of amides is 1. The number of rotatable bonds is 6. The summed E-state index contributed by atoms with van der Waals surface area (Å²) in [5.41, 5.74) is 7.91. The lowest BCUT2D eigenvalue weighted by Gasteiger charge is -2.16. The van der Waals surface area contributed by atoms with Crippen LogP contribution in [0.25, 0.3) is 0 Å². The fraction of sp³-hybridized carbons (Fsp3) is 0.588. The summed E-state index contributed by atoms with van der Waals surface area (Å²) in [6.45, 7) is 7.32. The maximum atomic E-state index is 11.9. The third-order valence-electron chi connectivity index (χ3n) is 4.34. The van der Waals surface area contributed by atoms with Gasteiger partial charge in [-0.1, -0.05) is 19.1 Å². The van der Waals surface area contributed by atoms with Gasteiger partial charge < -0.3 is 16.0 Å². The van der Waals surface area contributed by atoms with E-state index in [-0.39, 0.29) is 42.7 Å². The number of halogens is 2. The van der Waals surface area contributed by atoms with Crippen molar-refractivity contribution in [1.82, 2.24) is 4.90 Å². The van der Waals surface area contributed by atoms with Gasteiger partial charge in [0.05, 0.1) is 5.92 Å². The Labute approximate surface area is 152 Å². The van der Waals surface area contributed by atoms with Crippen LogP contribution in [0.4, 0.5) is 5.69 Å². The minimum Gasteiger partial charge on any atom is -0.327 e. The molecule has 0 saturated carbocycles. The van der Waals surface area contributed by atoms with E-state index in [2.05, 4.69) is 22.3 Å². The summed E-state index contributed by atoms with van der Waals surface area (Å²) >= 11 is 0. The fourth-order valence-corrected chi connectivity index (χ4v) is 2.54. The number of hydrogen-bond acceptors (Lipinski definition) is 3. The first-order valence-corrected chi connectivity index (χ1v) is 7.94. The average molecular weight is 362 g/mol. The average Bonchev–Trinajstić information content (AvgIpc) is 2.99. The molecule has 1 aliphatic heterocycles. The molecule has 1 aliphatic rings. The second-order valence-corrected chi connectivity index (χ2v) is 6.13. The maximum Gasteiger partial charge on any atom is 0.228 e. The number of nitrogens with one attached hydrogen (secondary N) is 1. The van der Waals surface area contributed by atoms with E-state index in [4.69, 9.17) is 5.73 Å². The van der Waals surface area contributed by atoms with Crippen molar-refractivity contribution in [2.45, 2.75) is 39.2 Å². The molecule has 1 amide bonds. The van der Waals surface area contributed by atoms with Gasteiger partial charge in [-0.05, 0) is 57.0 Å². The Kier molecular flexibility index (Phi) is 10.5. The highest BCUT2D eigenvalue weighted by Gasteiger charge is 2.17. The van der Waals surface area contributed by atoms with Crippen molar-refractivity contribution >= 4 is 36.4 Å². The smallest absolute Gasteiger partial charge is 0.228 e. The lowest BCUT2D eigenvalue weighted by atomic mass is 10.0. The van der Waals surface area contributed by atoms with E-state index in [1.54, 1.807) is 0 Å². The number of benzene rings is 1. The monoisotopic (exact) mass is 361 g/mol. The highest BCUT2D eigenvalue weighted by molar-refractivity contribution is 5.92. The van der Waals surface area contributed by atoms with Crippen LogP contribution < -0.4 is 11.1 Å². The lowest BCUT2D eigenvalue weighted by Crippen LogP contribution is -2.34. The minimum absolute atomic E-state index is 0. The summed E-state index contributed by atoms with van der Waals surface area (Å²) in [7, 11) is 0. The number of carbonyl (C=O) groups excluding carboxylic acids is 1. The Morgan fingerprint density at radius 2 is 1.74 bits per heavy atom. The zero-order valence-corrected chi connectivity index (χ0v) is 15.6. The van der Waals surface area contributed by atoms with Gasteiger partial charge in [-0.3, -0.25) is 4.79 Å². The van der Waals surface area contributed by atoms with Crippen LogP contribution in [0.1, 0.15) is 32.3 Å². The van der Waals surface area contributed by atoms with Crippen LogP contribution in [0.5, 0.6) is 0 Å². The van der Waals surface area contributed by atoms with Crippen LogP contribution in [0, 0.1) is 5.92 Å². The third-order valence-corrected chi connectivity index (χ3v) is 4.34. The second-order valence-electron chi connectivity index (χ2n) is 6.13. The molecule has 0 aliphatic carbocycles. The third kappa shape index (κ3) is 7.08. The molecule has 4 nitrogen and oxygen atoms in total. The molecule has 132 valence electrons. The standard InChI is InChI=1S/C17H27N3O.2ClH/c1-13(14(2)18)17(21)19-16-7-5-15(6-8-16)9-12-20-10-3-4-11-20;;/h5-8,13-14H,3-4,9-12,18H2,1-2H3,(H,19,21);2*1H. The van der Waals surface area contributed by atoms with Gasteiger partial charge in [0.2, 0.25) is 5.91 Å². The quantitative estimate of drug-likeness (QED) is 0.818. The molecule has 1 saturated heterocycles. The van der Waals surface area contributed by atoms with Gasteiger partial charge in [-0.2, -0.15) is 0 Å². The largest absolute Gasteiger partial charge is 0.327 e. The van der Waals surface area contributed by atoms with Crippen LogP contribution in [0.3, 0.4) is 0 Å². The van der Waals surface area contributed by atoms with Crippen molar-refractivity contribution in [2.75, 3.05) is 25.0 Å². The Hall–Kier alpha value is -0.810. The molecule has 2 rings (SSSR count). The zero-order valence-electron chi connectivity index (χ0n) is 14.0. The van der Waals surface area contributed by atoms with E-state index in [0.29, 0.717) is 0 Å². The normalized spacial score (nSPS) is 16.8. The first-order chi connectivity index (χ1) is 10.1. The van der Waals surface area contributed by atoms with Crippen LogP contribution in [0.2, 0.25) is 0 Å². The minimum atomic E-state index is -0.181. The van der Waals surface area contributed by atoms with Crippen molar-refractivity contribution in [1.29, 1.82) is 0 Å². The molecule has 1 aromatic rings. The topological polar surface area (TPSA) is 58.4 Å². The molecular formula is C17H29Cl2N3O. The van der Waals surface area contributed by atoms with Crippen molar-refractivity contribution in [3.05, 3.63) is 29.8 Å². The fourth-order valence-electron chi connectivity index (χ4n) is 2.54. The van der Waals surface area contributed by atoms with Gasteiger partial charge in [0.1, 0.15) is 0 Å². The summed E-state index contributed by atoms with van der Waals surface area (Å²) in [4.78, 5) is 14.5. The summed E-state index contributed by atoms with van der Waals surface area (Å²) < 4.78 is 0. The molecule has 2 atom stereocenters. The molecule has 23 heavy (non-hydrogen) atoms. The second kappa shape index (κ2) is 10.9. The van der Waals surface area contributed by atoms with Crippen LogP contribution >= 0.6 is 24.8 Å². The molecule has 0 aromatic heterocycles. The molecule has 1 heterocycles. The predicted molar refractivity (Wildman–Crippen MR) is 102 cm³/mol. The van der Waals surface area contributed by atoms with Crippen LogP contribution in [-0.2, 0) is 11.2 Å². The van der Waals surface area contributed by atoms with Crippen molar-refractivity contribution in [2.24, 2.45) is 11.7 Å². The first-order valence-electron chi connectivity index (χ1n) is 7.94. The summed E-state index contributed by atoms with van der Waals surface area (Å²) in [5, 5.41) is 2.92. The van der Waals surface area contributed by atoms with Gasteiger partial charge >= 0.3 is 0 Å². The highest BCUT2D eigenvalue weighted by Crippen LogP contribution is 2.14. The number of nitrogens with zero attached hydrogens (tertiary/aromatic N) is 1. The van der Waals surface area contributed by atoms with E-state index in [0.717, 1.165) is 18.7 Å². The van der Waals surface area contributed by atoms with E-state index in [9.17, 15) is 4.79 Å². The zero-order chi connectivity index (χ0) is 15.2. The molecule has 3 N–H and O–H groups in total. The molecular weight excluding hydrogens is 333 g/mol. The van der Waals surface area contributed by atoms with Crippen molar-refractivity contribution in [3.63, 3.8) is 0 Å². The number of nitrogens with two attached hydrogens (primary N) is 1. The molecule has 0 spiro atoms. The Morgan fingerprint density at radius 3 is 2.26 bits per heavy atom. The van der Waals surface area contributed by atoms with E-state index >= 15 is 0 Å². The highest BCUT2D eigenvalue weighted by atomic mass is 35.5. The predicted octanol–water partition coefficient (Wildman–Crippen LogP) is 3.09. The van der Waals surface area contributed by atoms with Gasteiger partial charge in [0.15, 0.2) is 0 Å². The molecule has 2 unspecified atom stereocenters. The summed E-state index contributed by atoms with van der Waals surface area (Å²) in [6, 6.07) is 8.02.